The van der Waals surface area contributed by atoms with Gasteiger partial charge in [-0.25, -0.2) is 4.79 Å². The van der Waals surface area contributed by atoms with Gasteiger partial charge < -0.3 is 9.15 Å². The van der Waals surface area contributed by atoms with Crippen LogP contribution in [0, 0.1) is 11.8 Å². The van der Waals surface area contributed by atoms with Crippen LogP contribution in [0.25, 0.3) is 22.3 Å². The molecule has 3 aromatic carbocycles. The van der Waals surface area contributed by atoms with Crippen LogP contribution in [0.1, 0.15) is 28.4 Å². The van der Waals surface area contributed by atoms with Crippen molar-refractivity contribution in [1.29, 1.82) is 0 Å². The van der Waals surface area contributed by atoms with Gasteiger partial charge in [0, 0.05) is 25.5 Å². The Hall–Kier alpha value is -2.81. The molecule has 0 spiro atoms. The number of hydrogen-bond acceptors (Lipinski definition) is 3. The smallest absolute Gasteiger partial charge is 0.338 e. The van der Waals surface area contributed by atoms with Crippen molar-refractivity contribution in [2.75, 3.05) is 6.61 Å². The molecule has 0 aliphatic heterocycles. The third-order valence-corrected chi connectivity index (χ3v) is 5.50. The quantitative estimate of drug-likeness (QED) is 0.210. The van der Waals surface area contributed by atoms with E-state index >= 15 is 0 Å². The molecule has 3 nitrogen and oxygen atoms in total. The molecular formula is C25H16Br2O3. The summed E-state index contributed by atoms with van der Waals surface area (Å²) < 4.78 is 13.3. The fourth-order valence-corrected chi connectivity index (χ4v) is 3.54. The molecule has 5 heteroatoms. The number of hydrogen-bond donors (Lipinski definition) is 0. The molecule has 0 radical (unpaired) electrons. The Morgan fingerprint density at radius 3 is 2.27 bits per heavy atom. The minimum atomic E-state index is -0.377. The minimum absolute atomic E-state index is 0.312. The molecule has 0 saturated carbocycles. The molecule has 0 amide bonds. The lowest BCUT2D eigenvalue weighted by atomic mass is 10.1. The molecule has 0 unspecified atom stereocenters. The number of ether oxygens (including phenoxy) is 1. The second-order valence-corrected chi connectivity index (χ2v) is 8.37. The molecule has 0 fully saturated rings. The lowest BCUT2D eigenvalue weighted by molar-refractivity contribution is 0.0526. The molecule has 1 aromatic heterocycles. The molecule has 0 atom stereocenters. The zero-order valence-corrected chi connectivity index (χ0v) is 19.2. The van der Waals surface area contributed by atoms with E-state index in [2.05, 4.69) is 43.7 Å². The van der Waals surface area contributed by atoms with Crippen molar-refractivity contribution in [3.05, 3.63) is 92.4 Å². The van der Waals surface area contributed by atoms with Gasteiger partial charge in [-0.05, 0) is 61.5 Å². The third-order valence-electron chi connectivity index (χ3n) is 4.44. The highest BCUT2D eigenvalue weighted by Crippen LogP contribution is 2.31. The minimum Gasteiger partial charge on any atom is -0.462 e. The van der Waals surface area contributed by atoms with Gasteiger partial charge in [0.25, 0.3) is 0 Å². The van der Waals surface area contributed by atoms with Gasteiger partial charge in [0.1, 0.15) is 11.3 Å². The monoisotopic (exact) mass is 522 g/mol. The van der Waals surface area contributed by atoms with Crippen molar-refractivity contribution in [2.24, 2.45) is 0 Å². The van der Waals surface area contributed by atoms with Crippen LogP contribution in [0.3, 0.4) is 0 Å². The summed E-state index contributed by atoms with van der Waals surface area (Å²) in [5.41, 5.74) is 3.55. The van der Waals surface area contributed by atoms with E-state index in [-0.39, 0.29) is 5.97 Å². The molecule has 0 aliphatic carbocycles. The first-order valence-corrected chi connectivity index (χ1v) is 10.9. The molecule has 148 valence electrons. The van der Waals surface area contributed by atoms with Gasteiger partial charge >= 0.3 is 5.97 Å². The first-order valence-electron chi connectivity index (χ1n) is 9.32. The topological polar surface area (TPSA) is 39.4 Å². The summed E-state index contributed by atoms with van der Waals surface area (Å²) in [7, 11) is 0. The van der Waals surface area contributed by atoms with Crippen LogP contribution in [-0.4, -0.2) is 12.6 Å². The van der Waals surface area contributed by atoms with Crippen LogP contribution in [0.2, 0.25) is 0 Å². The number of rotatable bonds is 3. The number of benzene rings is 3. The predicted octanol–water partition coefficient (Wildman–Crippen LogP) is 7.20. The average molecular weight is 524 g/mol. The molecule has 30 heavy (non-hydrogen) atoms. The molecule has 0 N–H and O–H groups in total. The highest BCUT2D eigenvalue weighted by molar-refractivity contribution is 9.10. The summed E-state index contributed by atoms with van der Waals surface area (Å²) in [6, 6.07) is 21.0. The van der Waals surface area contributed by atoms with Crippen molar-refractivity contribution in [1.82, 2.24) is 0 Å². The summed E-state index contributed by atoms with van der Waals surface area (Å²) in [6.07, 6.45) is 0. The van der Waals surface area contributed by atoms with E-state index in [0.717, 1.165) is 25.5 Å². The van der Waals surface area contributed by atoms with Gasteiger partial charge in [-0.2, -0.15) is 0 Å². The van der Waals surface area contributed by atoms with E-state index in [0.29, 0.717) is 29.1 Å². The number of esters is 1. The fourth-order valence-electron chi connectivity index (χ4n) is 3.01. The lowest BCUT2D eigenvalue weighted by Gasteiger charge is -2.03. The normalized spacial score (nSPS) is 10.5. The summed E-state index contributed by atoms with van der Waals surface area (Å²) >= 11 is 6.87. The number of carbonyl (C=O) groups is 1. The molecule has 0 saturated heterocycles. The van der Waals surface area contributed by atoms with Gasteiger partial charge in [-0.3, -0.25) is 0 Å². The maximum absolute atomic E-state index is 12.4. The van der Waals surface area contributed by atoms with E-state index in [4.69, 9.17) is 9.15 Å². The van der Waals surface area contributed by atoms with Crippen LogP contribution in [0.4, 0.5) is 0 Å². The van der Waals surface area contributed by atoms with E-state index < -0.39 is 0 Å². The van der Waals surface area contributed by atoms with Gasteiger partial charge in [-0.1, -0.05) is 55.8 Å². The van der Waals surface area contributed by atoms with Gasteiger partial charge in [0.2, 0.25) is 0 Å². The first-order chi connectivity index (χ1) is 14.5. The number of fused-ring (bicyclic) bond motifs is 1. The zero-order chi connectivity index (χ0) is 21.1. The van der Waals surface area contributed by atoms with Crippen LogP contribution in [0.5, 0.6) is 0 Å². The molecule has 4 aromatic rings. The highest BCUT2D eigenvalue weighted by Gasteiger charge is 2.15. The Bertz CT molecular complexity index is 1270. The average Bonchev–Trinajstić information content (AvgIpc) is 3.18. The van der Waals surface area contributed by atoms with E-state index in [1.807, 2.05) is 54.6 Å². The number of halogens is 2. The Morgan fingerprint density at radius 2 is 1.60 bits per heavy atom. The summed E-state index contributed by atoms with van der Waals surface area (Å²) in [4.78, 5) is 12.4. The summed E-state index contributed by atoms with van der Waals surface area (Å²) in [6.45, 7) is 2.10. The highest BCUT2D eigenvalue weighted by atomic mass is 79.9. The van der Waals surface area contributed by atoms with E-state index in [1.165, 1.54) is 0 Å². The van der Waals surface area contributed by atoms with Crippen LogP contribution in [-0.2, 0) is 4.74 Å². The van der Waals surface area contributed by atoms with Gasteiger partial charge in [0.15, 0.2) is 0 Å². The Balaban J connectivity index is 1.84. The van der Waals surface area contributed by atoms with E-state index in [1.54, 1.807) is 19.1 Å². The van der Waals surface area contributed by atoms with Crippen LogP contribution >= 0.6 is 31.9 Å². The number of carbonyl (C=O) groups excluding carboxylic acids is 1. The second-order valence-electron chi connectivity index (χ2n) is 6.54. The van der Waals surface area contributed by atoms with Crippen molar-refractivity contribution >= 4 is 48.8 Å². The number of furan rings is 1. The van der Waals surface area contributed by atoms with E-state index in [9.17, 15) is 4.79 Å². The summed E-state index contributed by atoms with van der Waals surface area (Å²) in [5, 5.41) is 0.804. The van der Waals surface area contributed by atoms with Crippen molar-refractivity contribution in [2.45, 2.75) is 6.92 Å². The van der Waals surface area contributed by atoms with Crippen molar-refractivity contribution in [3.8, 4) is 23.2 Å². The third kappa shape index (κ3) is 4.51. The second kappa shape index (κ2) is 8.91. The maximum Gasteiger partial charge on any atom is 0.338 e. The van der Waals surface area contributed by atoms with Crippen molar-refractivity contribution in [3.63, 3.8) is 0 Å². The predicted molar refractivity (Wildman–Crippen MR) is 125 cm³/mol. The standard InChI is InChI=1S/C25H16Br2O3/c1-2-29-25(28)20-13-18(6-3-16-4-9-21(26)10-5-16)24-19(14-20)15-23(30-24)17-7-11-22(27)12-8-17/h4-5,7-15H,2H2,1H3. The Labute approximate surface area is 191 Å². The SMILES string of the molecule is CCOC(=O)c1cc(C#Cc2ccc(Br)cc2)c2oc(-c3ccc(Br)cc3)cc2c1. The molecular weight excluding hydrogens is 508 g/mol. The Morgan fingerprint density at radius 1 is 0.933 bits per heavy atom. The molecule has 0 bridgehead atoms. The summed E-state index contributed by atoms with van der Waals surface area (Å²) in [5.74, 6) is 6.64. The maximum atomic E-state index is 12.4. The Kier molecular flexibility index (Phi) is 6.08. The van der Waals surface area contributed by atoms with Crippen LogP contribution in [0.15, 0.2) is 80.1 Å². The van der Waals surface area contributed by atoms with Gasteiger partial charge in [0.05, 0.1) is 17.7 Å². The van der Waals surface area contributed by atoms with Gasteiger partial charge in [-0.15, -0.1) is 0 Å². The molecule has 4 rings (SSSR count). The zero-order valence-electron chi connectivity index (χ0n) is 16.0. The largest absolute Gasteiger partial charge is 0.462 e. The van der Waals surface area contributed by atoms with Crippen LogP contribution < -0.4 is 0 Å². The lowest BCUT2D eigenvalue weighted by Crippen LogP contribution is -2.04. The molecule has 0 aliphatic rings. The molecule has 1 heterocycles. The fraction of sp³-hybridized carbons (Fsp3) is 0.0800. The first kappa shape index (κ1) is 20.5. The van der Waals surface area contributed by atoms with Crippen molar-refractivity contribution < 1.29 is 13.9 Å².